The van der Waals surface area contributed by atoms with Crippen molar-refractivity contribution in [3.8, 4) is 0 Å². The Morgan fingerprint density at radius 2 is 2.00 bits per heavy atom. The van der Waals surface area contributed by atoms with E-state index in [0.29, 0.717) is 6.04 Å². The highest BCUT2D eigenvalue weighted by Crippen LogP contribution is 2.51. The van der Waals surface area contributed by atoms with Gasteiger partial charge in [-0.15, -0.1) is 11.3 Å². The highest BCUT2D eigenvalue weighted by molar-refractivity contribution is 7.12. The van der Waals surface area contributed by atoms with Crippen molar-refractivity contribution in [3.63, 3.8) is 0 Å². The van der Waals surface area contributed by atoms with E-state index in [9.17, 15) is 0 Å². The van der Waals surface area contributed by atoms with E-state index in [-0.39, 0.29) is 5.41 Å². The molecule has 0 aliphatic heterocycles. The van der Waals surface area contributed by atoms with Gasteiger partial charge in [0, 0.05) is 16.3 Å². The van der Waals surface area contributed by atoms with E-state index in [2.05, 4.69) is 42.7 Å². The van der Waals surface area contributed by atoms with Crippen molar-refractivity contribution in [1.29, 1.82) is 0 Å². The minimum atomic E-state index is 0.210. The van der Waals surface area contributed by atoms with Crippen LogP contribution in [0, 0.1) is 0 Å². The maximum atomic E-state index is 5.10. The van der Waals surface area contributed by atoms with Crippen molar-refractivity contribution < 1.29 is 0 Å². The maximum Gasteiger partial charge on any atom is 0.104 e. The van der Waals surface area contributed by atoms with Gasteiger partial charge in [0.15, 0.2) is 0 Å². The van der Waals surface area contributed by atoms with Crippen LogP contribution in [0.5, 0.6) is 0 Å². The summed E-state index contributed by atoms with van der Waals surface area (Å²) in [5.41, 5.74) is 3.04. The van der Waals surface area contributed by atoms with E-state index in [4.69, 9.17) is 4.98 Å². The van der Waals surface area contributed by atoms with Crippen molar-refractivity contribution in [2.75, 3.05) is 7.05 Å². The minimum Gasteiger partial charge on any atom is -0.312 e. The van der Waals surface area contributed by atoms with Gasteiger partial charge < -0.3 is 5.32 Å². The topological polar surface area (TPSA) is 24.9 Å². The molecule has 1 saturated carbocycles. The molecule has 1 atom stereocenters. The van der Waals surface area contributed by atoms with Crippen LogP contribution in [0.2, 0.25) is 0 Å². The van der Waals surface area contributed by atoms with Crippen LogP contribution in [0.25, 0.3) is 0 Å². The standard InChI is InChI=1S/C18H22N2S/c1-19-14-9-5-10-15-16(14)21-17(20-15)18(11-6-12-18)13-7-3-2-4-8-13/h2-4,7-8,14,19H,5-6,9-12H2,1H3. The monoisotopic (exact) mass is 298 g/mol. The molecule has 0 amide bonds. The van der Waals surface area contributed by atoms with E-state index >= 15 is 0 Å². The summed E-state index contributed by atoms with van der Waals surface area (Å²) >= 11 is 1.97. The summed E-state index contributed by atoms with van der Waals surface area (Å²) in [5.74, 6) is 0. The number of hydrogen-bond acceptors (Lipinski definition) is 3. The van der Waals surface area contributed by atoms with E-state index in [1.807, 2.05) is 11.3 Å². The number of thiazole rings is 1. The maximum absolute atomic E-state index is 5.10. The van der Waals surface area contributed by atoms with Crippen molar-refractivity contribution in [2.45, 2.75) is 50.0 Å². The molecular weight excluding hydrogens is 276 g/mol. The summed E-state index contributed by atoms with van der Waals surface area (Å²) < 4.78 is 0. The predicted molar refractivity (Wildman–Crippen MR) is 87.9 cm³/mol. The molecular formula is C18H22N2S. The Hall–Kier alpha value is -1.19. The summed E-state index contributed by atoms with van der Waals surface area (Å²) in [6, 6.07) is 11.5. The first-order chi connectivity index (χ1) is 10.3. The largest absolute Gasteiger partial charge is 0.312 e. The van der Waals surface area contributed by atoms with Crippen molar-refractivity contribution in [3.05, 3.63) is 51.5 Å². The zero-order valence-electron chi connectivity index (χ0n) is 12.6. The Morgan fingerprint density at radius 3 is 2.67 bits per heavy atom. The average molecular weight is 298 g/mol. The first-order valence-electron chi connectivity index (χ1n) is 8.06. The van der Waals surface area contributed by atoms with E-state index < -0.39 is 0 Å². The zero-order chi connectivity index (χ0) is 14.3. The van der Waals surface area contributed by atoms with Crippen LogP contribution in [0.4, 0.5) is 0 Å². The Bertz CT molecular complexity index is 628. The van der Waals surface area contributed by atoms with Crippen molar-refractivity contribution in [2.24, 2.45) is 0 Å². The third-order valence-corrected chi connectivity index (χ3v) is 6.66. The third kappa shape index (κ3) is 2.06. The molecule has 0 radical (unpaired) electrons. The molecule has 1 unspecified atom stereocenters. The molecule has 2 aliphatic carbocycles. The van der Waals surface area contributed by atoms with Crippen LogP contribution in [0.1, 0.15) is 59.3 Å². The summed E-state index contributed by atoms with van der Waals surface area (Å²) in [4.78, 5) is 6.60. The molecule has 0 spiro atoms. The molecule has 2 nitrogen and oxygen atoms in total. The third-order valence-electron chi connectivity index (χ3n) is 5.24. The summed E-state index contributed by atoms with van der Waals surface area (Å²) in [6.45, 7) is 0. The van der Waals surface area contributed by atoms with Gasteiger partial charge in [0.05, 0.1) is 5.69 Å². The number of fused-ring (bicyclic) bond motifs is 1. The Labute approximate surface area is 130 Å². The van der Waals surface area contributed by atoms with Gasteiger partial charge in [-0.2, -0.15) is 0 Å². The van der Waals surface area contributed by atoms with Crippen LogP contribution in [0.15, 0.2) is 30.3 Å². The number of rotatable bonds is 3. The first kappa shape index (κ1) is 13.5. The van der Waals surface area contributed by atoms with Gasteiger partial charge in [-0.25, -0.2) is 4.98 Å². The second-order valence-electron chi connectivity index (χ2n) is 6.37. The normalized spacial score (nSPS) is 23.4. The molecule has 1 aromatic heterocycles. The molecule has 3 heteroatoms. The second-order valence-corrected chi connectivity index (χ2v) is 7.40. The van der Waals surface area contributed by atoms with Gasteiger partial charge in [-0.05, 0) is 44.7 Å². The molecule has 2 aliphatic rings. The fraction of sp³-hybridized carbons (Fsp3) is 0.500. The predicted octanol–water partition coefficient (Wildman–Crippen LogP) is 4.21. The fourth-order valence-electron chi connectivity index (χ4n) is 3.81. The fourth-order valence-corrected chi connectivity index (χ4v) is 5.34. The summed E-state index contributed by atoms with van der Waals surface area (Å²) in [6.07, 6.45) is 7.52. The Kier molecular flexibility index (Phi) is 3.35. The molecule has 110 valence electrons. The van der Waals surface area contributed by atoms with E-state index in [1.165, 1.54) is 53.2 Å². The van der Waals surface area contributed by atoms with Gasteiger partial charge in [-0.3, -0.25) is 0 Å². The first-order valence-corrected chi connectivity index (χ1v) is 8.88. The molecule has 4 rings (SSSR count). The lowest BCUT2D eigenvalue weighted by Crippen LogP contribution is -2.35. The number of benzene rings is 1. The number of hydrogen-bond donors (Lipinski definition) is 1. The Balaban J connectivity index is 1.77. The number of nitrogens with zero attached hydrogens (tertiary/aromatic N) is 1. The quantitative estimate of drug-likeness (QED) is 0.918. The molecule has 0 bridgehead atoms. The molecule has 1 fully saturated rings. The van der Waals surface area contributed by atoms with E-state index in [0.717, 1.165) is 6.42 Å². The molecule has 1 heterocycles. The van der Waals surface area contributed by atoms with E-state index in [1.54, 1.807) is 0 Å². The highest BCUT2D eigenvalue weighted by Gasteiger charge is 2.43. The van der Waals surface area contributed by atoms with Crippen molar-refractivity contribution >= 4 is 11.3 Å². The molecule has 1 N–H and O–H groups in total. The minimum absolute atomic E-state index is 0.210. The van der Waals surface area contributed by atoms with Gasteiger partial charge in [0.1, 0.15) is 5.01 Å². The van der Waals surface area contributed by atoms with Crippen LogP contribution >= 0.6 is 11.3 Å². The van der Waals surface area contributed by atoms with Gasteiger partial charge in [0.25, 0.3) is 0 Å². The SMILES string of the molecule is CNC1CCCc2nc(C3(c4ccccc4)CCC3)sc21. The zero-order valence-corrected chi connectivity index (χ0v) is 13.4. The van der Waals surface area contributed by atoms with Crippen molar-refractivity contribution in [1.82, 2.24) is 10.3 Å². The summed E-state index contributed by atoms with van der Waals surface area (Å²) in [7, 11) is 2.08. The molecule has 21 heavy (non-hydrogen) atoms. The van der Waals surface area contributed by atoms with Crippen LogP contribution in [-0.2, 0) is 11.8 Å². The van der Waals surface area contributed by atoms with Gasteiger partial charge in [-0.1, -0.05) is 36.8 Å². The number of nitrogens with one attached hydrogen (secondary N) is 1. The second kappa shape index (κ2) is 5.22. The summed E-state index contributed by atoms with van der Waals surface area (Å²) in [5, 5.41) is 4.84. The molecule has 0 saturated heterocycles. The lowest BCUT2D eigenvalue weighted by molar-refractivity contribution is 0.300. The van der Waals surface area contributed by atoms with Crippen LogP contribution < -0.4 is 5.32 Å². The molecule has 1 aromatic carbocycles. The van der Waals surface area contributed by atoms with Crippen LogP contribution in [0.3, 0.4) is 0 Å². The average Bonchev–Trinajstić information content (AvgIpc) is 2.91. The lowest BCUT2D eigenvalue weighted by atomic mass is 9.65. The Morgan fingerprint density at radius 1 is 1.19 bits per heavy atom. The van der Waals surface area contributed by atoms with Gasteiger partial charge in [0.2, 0.25) is 0 Å². The highest BCUT2D eigenvalue weighted by atomic mass is 32.1. The number of aromatic nitrogens is 1. The smallest absolute Gasteiger partial charge is 0.104 e. The lowest BCUT2D eigenvalue weighted by Gasteiger charge is -2.40. The van der Waals surface area contributed by atoms with Crippen LogP contribution in [-0.4, -0.2) is 12.0 Å². The van der Waals surface area contributed by atoms with Gasteiger partial charge >= 0.3 is 0 Å². The number of aryl methyl sites for hydroxylation is 1. The molecule has 2 aromatic rings.